The van der Waals surface area contributed by atoms with E-state index in [1.165, 1.54) is 6.20 Å². The first-order valence-corrected chi connectivity index (χ1v) is 5.51. The molecule has 0 radical (unpaired) electrons. The molecule has 1 heterocycles. The second-order valence-corrected chi connectivity index (χ2v) is 4.19. The van der Waals surface area contributed by atoms with Crippen LogP contribution in [-0.2, 0) is 0 Å². The first kappa shape index (κ1) is 13.3. The second-order valence-electron chi connectivity index (χ2n) is 3.78. The molecule has 0 unspecified atom stereocenters. The van der Waals surface area contributed by atoms with Crippen LogP contribution >= 0.6 is 11.6 Å². The lowest BCUT2D eigenvalue weighted by atomic mass is 10.1. The maximum absolute atomic E-state index is 13.9. The third-order valence-electron chi connectivity index (χ3n) is 2.49. The van der Waals surface area contributed by atoms with E-state index in [2.05, 4.69) is 10.3 Å². The summed E-state index contributed by atoms with van der Waals surface area (Å²) in [7, 11) is 0. The van der Waals surface area contributed by atoms with Gasteiger partial charge in [0.25, 0.3) is 0 Å². The molecule has 0 amide bonds. The Balaban J connectivity index is 2.60. The van der Waals surface area contributed by atoms with Gasteiger partial charge in [-0.2, -0.15) is 5.10 Å². The van der Waals surface area contributed by atoms with Crippen LogP contribution in [0.4, 0.5) is 8.78 Å². The van der Waals surface area contributed by atoms with Crippen molar-refractivity contribution in [1.29, 1.82) is 0 Å². The Morgan fingerprint density at radius 2 is 2.00 bits per heavy atom. The highest BCUT2D eigenvalue weighted by Gasteiger charge is 2.16. The minimum atomic E-state index is -0.902. The Hall–Kier alpha value is -2.15. The van der Waals surface area contributed by atoms with Crippen molar-refractivity contribution in [3.05, 3.63) is 46.2 Å². The highest BCUT2D eigenvalue weighted by atomic mass is 35.5. The Morgan fingerprint density at radius 3 is 2.42 bits per heavy atom. The predicted octanol–water partition coefficient (Wildman–Crippen LogP) is 2.21. The number of rotatable bonds is 2. The molecule has 1 aromatic carbocycles. The summed E-state index contributed by atoms with van der Waals surface area (Å²) in [5.41, 5.74) is 5.26. The van der Waals surface area contributed by atoms with Gasteiger partial charge in [0.05, 0.1) is 10.7 Å². The van der Waals surface area contributed by atoms with E-state index in [1.807, 2.05) is 0 Å². The molecule has 2 rings (SSSR count). The summed E-state index contributed by atoms with van der Waals surface area (Å²) in [5, 5.41) is 15.3. The largest absolute Gasteiger partial charge is 0.409 e. The molecule has 8 heteroatoms. The van der Waals surface area contributed by atoms with Gasteiger partial charge in [-0.15, -0.1) is 0 Å². The van der Waals surface area contributed by atoms with E-state index in [-0.39, 0.29) is 17.1 Å². The average molecular weight is 287 g/mol. The van der Waals surface area contributed by atoms with E-state index < -0.39 is 11.6 Å². The lowest BCUT2D eigenvalue weighted by molar-refractivity contribution is 0.318. The fourth-order valence-corrected chi connectivity index (χ4v) is 1.67. The van der Waals surface area contributed by atoms with Gasteiger partial charge >= 0.3 is 0 Å². The number of nitrogens with two attached hydrogens (primary N) is 1. The van der Waals surface area contributed by atoms with Gasteiger partial charge in [-0.3, -0.25) is 0 Å². The normalized spacial score (nSPS) is 11.9. The Kier molecular flexibility index (Phi) is 3.39. The van der Waals surface area contributed by atoms with Gasteiger partial charge in [-0.25, -0.2) is 13.5 Å². The number of hydrogen-bond acceptors (Lipinski definition) is 3. The average Bonchev–Trinajstić information content (AvgIpc) is 2.67. The molecule has 0 spiro atoms. The molecule has 2 aromatic rings. The number of halogens is 3. The van der Waals surface area contributed by atoms with Crippen molar-refractivity contribution in [2.45, 2.75) is 6.92 Å². The highest BCUT2D eigenvalue weighted by molar-refractivity contribution is 6.31. The summed E-state index contributed by atoms with van der Waals surface area (Å²) in [6.07, 6.45) is 1.29. The molecule has 0 fully saturated rings. The molecule has 0 aliphatic rings. The van der Waals surface area contributed by atoms with Crippen LogP contribution < -0.4 is 5.73 Å². The first-order valence-electron chi connectivity index (χ1n) is 5.13. The molecule has 19 heavy (non-hydrogen) atoms. The van der Waals surface area contributed by atoms with Crippen molar-refractivity contribution in [3.63, 3.8) is 0 Å². The zero-order valence-corrected chi connectivity index (χ0v) is 10.5. The van der Waals surface area contributed by atoms with Crippen LogP contribution in [0.1, 0.15) is 11.3 Å². The first-order chi connectivity index (χ1) is 8.93. The second kappa shape index (κ2) is 4.85. The van der Waals surface area contributed by atoms with Crippen LogP contribution in [0.3, 0.4) is 0 Å². The lowest BCUT2D eigenvalue weighted by Crippen LogP contribution is -2.15. The van der Waals surface area contributed by atoms with Gasteiger partial charge < -0.3 is 10.9 Å². The van der Waals surface area contributed by atoms with Gasteiger partial charge in [0, 0.05) is 11.8 Å². The molecular weight excluding hydrogens is 278 g/mol. The van der Waals surface area contributed by atoms with Gasteiger partial charge in [-0.1, -0.05) is 16.8 Å². The fraction of sp³-hybridized carbons (Fsp3) is 0.0909. The summed E-state index contributed by atoms with van der Waals surface area (Å²) < 4.78 is 28.8. The summed E-state index contributed by atoms with van der Waals surface area (Å²) in [5.74, 6) is -2.19. The molecule has 0 aliphatic heterocycles. The third kappa shape index (κ3) is 2.37. The molecule has 0 aliphatic carbocycles. The highest BCUT2D eigenvalue weighted by Crippen LogP contribution is 2.22. The summed E-state index contributed by atoms with van der Waals surface area (Å²) in [6.45, 7) is 1.61. The van der Waals surface area contributed by atoms with Crippen LogP contribution in [0.2, 0.25) is 5.02 Å². The zero-order valence-electron chi connectivity index (χ0n) is 9.73. The number of amidine groups is 1. The molecule has 100 valence electrons. The SMILES string of the molecule is Cc1nn(-c2c(F)cc(/C(N)=N/O)cc2F)cc1Cl. The maximum atomic E-state index is 13.9. The van der Waals surface area contributed by atoms with E-state index in [1.54, 1.807) is 6.92 Å². The molecule has 1 aromatic heterocycles. The Bertz CT molecular complexity index is 626. The van der Waals surface area contributed by atoms with E-state index >= 15 is 0 Å². The van der Waals surface area contributed by atoms with E-state index in [0.29, 0.717) is 10.7 Å². The number of nitrogens with zero attached hydrogens (tertiary/aromatic N) is 3. The molecular formula is C11H9ClF2N4O. The standard InChI is InChI=1S/C11H9ClF2N4O/c1-5-7(12)4-18(16-5)10-8(13)2-6(3-9(10)14)11(15)17-19/h2-4,19H,1H3,(H2,15,17). The van der Waals surface area contributed by atoms with Crippen molar-refractivity contribution in [1.82, 2.24) is 9.78 Å². The summed E-state index contributed by atoms with van der Waals surface area (Å²) in [4.78, 5) is 0. The van der Waals surface area contributed by atoms with Crippen molar-refractivity contribution < 1.29 is 14.0 Å². The number of benzene rings is 1. The minimum Gasteiger partial charge on any atom is -0.409 e. The maximum Gasteiger partial charge on any atom is 0.170 e. The fourth-order valence-electron chi connectivity index (χ4n) is 1.54. The topological polar surface area (TPSA) is 76.4 Å². The Morgan fingerprint density at radius 1 is 1.42 bits per heavy atom. The van der Waals surface area contributed by atoms with Crippen LogP contribution in [0.5, 0.6) is 0 Å². The van der Waals surface area contributed by atoms with Crippen molar-refractivity contribution in [3.8, 4) is 5.69 Å². The molecule has 0 saturated carbocycles. The van der Waals surface area contributed by atoms with Gasteiger partial charge in [0.1, 0.15) is 5.69 Å². The summed E-state index contributed by atoms with van der Waals surface area (Å²) >= 11 is 5.79. The smallest absolute Gasteiger partial charge is 0.170 e. The number of hydrogen-bond donors (Lipinski definition) is 2. The van der Waals surface area contributed by atoms with E-state index in [0.717, 1.165) is 16.8 Å². The van der Waals surface area contributed by atoms with Crippen molar-refractivity contribution in [2.75, 3.05) is 0 Å². The van der Waals surface area contributed by atoms with Crippen molar-refractivity contribution >= 4 is 17.4 Å². The number of oxime groups is 1. The lowest BCUT2D eigenvalue weighted by Gasteiger charge is -2.07. The zero-order chi connectivity index (χ0) is 14.2. The van der Waals surface area contributed by atoms with Gasteiger partial charge in [0.15, 0.2) is 17.5 Å². The molecule has 0 saturated heterocycles. The van der Waals surface area contributed by atoms with Crippen LogP contribution in [0.15, 0.2) is 23.5 Å². The number of aromatic nitrogens is 2. The van der Waals surface area contributed by atoms with Crippen LogP contribution in [0, 0.1) is 18.6 Å². The molecule has 0 atom stereocenters. The third-order valence-corrected chi connectivity index (χ3v) is 2.86. The minimum absolute atomic E-state index is 0.0729. The van der Waals surface area contributed by atoms with Crippen molar-refractivity contribution in [2.24, 2.45) is 10.9 Å². The van der Waals surface area contributed by atoms with Crippen LogP contribution in [-0.4, -0.2) is 20.8 Å². The molecule has 5 nitrogen and oxygen atoms in total. The van der Waals surface area contributed by atoms with Gasteiger partial charge in [0.2, 0.25) is 0 Å². The number of aryl methyl sites for hydroxylation is 1. The van der Waals surface area contributed by atoms with E-state index in [9.17, 15) is 8.78 Å². The van der Waals surface area contributed by atoms with E-state index in [4.69, 9.17) is 22.5 Å². The summed E-state index contributed by atoms with van der Waals surface area (Å²) in [6, 6.07) is 1.89. The molecule has 3 N–H and O–H groups in total. The van der Waals surface area contributed by atoms with Crippen LogP contribution in [0.25, 0.3) is 5.69 Å². The predicted molar refractivity (Wildman–Crippen MR) is 65.7 cm³/mol. The quantitative estimate of drug-likeness (QED) is 0.385. The molecule has 0 bridgehead atoms. The monoisotopic (exact) mass is 286 g/mol. The Labute approximate surface area is 111 Å². The van der Waals surface area contributed by atoms with Gasteiger partial charge in [-0.05, 0) is 19.1 Å².